The molecule has 0 bridgehead atoms. The third kappa shape index (κ3) is 9.83. The predicted molar refractivity (Wildman–Crippen MR) is 159 cm³/mol. The van der Waals surface area contributed by atoms with Crippen molar-refractivity contribution < 1.29 is 29.1 Å². The number of rotatable bonds is 17. The van der Waals surface area contributed by atoms with Crippen LogP contribution in [0.3, 0.4) is 0 Å². The number of nitrogens with two attached hydrogens (primary N) is 4. The molecule has 14 N–H and O–H groups in total. The van der Waals surface area contributed by atoms with Crippen molar-refractivity contribution in [2.75, 3.05) is 6.54 Å². The van der Waals surface area contributed by atoms with Gasteiger partial charge in [-0.1, -0.05) is 18.2 Å². The summed E-state index contributed by atoms with van der Waals surface area (Å²) in [6.45, 7) is 0.253. The molecule has 17 nitrogen and oxygen atoms in total. The van der Waals surface area contributed by atoms with Crippen LogP contribution < -0.4 is 38.9 Å². The fraction of sp³-hybridized carbons (Fsp3) is 0.370. The number of nitrogens with one attached hydrogen (secondary N) is 5. The Morgan fingerprint density at radius 1 is 0.909 bits per heavy atom. The minimum atomic E-state index is -1.54. The highest BCUT2D eigenvalue weighted by Gasteiger charge is 2.32. The molecule has 0 saturated heterocycles. The van der Waals surface area contributed by atoms with Gasteiger partial charge in [0.1, 0.15) is 18.1 Å². The van der Waals surface area contributed by atoms with Gasteiger partial charge in [0.05, 0.1) is 18.8 Å². The smallest absolute Gasteiger partial charge is 0.326 e. The number of H-pyrrole nitrogens is 2. The van der Waals surface area contributed by atoms with E-state index >= 15 is 0 Å². The summed E-state index contributed by atoms with van der Waals surface area (Å²) < 4.78 is 0. The van der Waals surface area contributed by atoms with Crippen molar-refractivity contribution in [2.24, 2.45) is 27.9 Å². The number of hydrogen-bond acceptors (Lipinski definition) is 8. The summed E-state index contributed by atoms with van der Waals surface area (Å²) in [5.41, 5.74) is 23.8. The molecule has 0 saturated carbocycles. The summed E-state index contributed by atoms with van der Waals surface area (Å²) in [4.78, 5) is 76.9. The largest absolute Gasteiger partial charge is 0.480 e. The fourth-order valence-electron chi connectivity index (χ4n) is 4.43. The molecule has 17 heteroatoms. The third-order valence-corrected chi connectivity index (χ3v) is 6.67. The van der Waals surface area contributed by atoms with E-state index in [-0.39, 0.29) is 31.8 Å². The zero-order valence-corrected chi connectivity index (χ0v) is 23.8. The van der Waals surface area contributed by atoms with Gasteiger partial charge < -0.3 is 54.0 Å². The van der Waals surface area contributed by atoms with Crippen molar-refractivity contribution in [3.05, 3.63) is 54.2 Å². The number of fused-ring (bicyclic) bond motifs is 1. The van der Waals surface area contributed by atoms with E-state index in [2.05, 4.69) is 35.9 Å². The molecule has 44 heavy (non-hydrogen) atoms. The number of carboxylic acid groups (broad SMARTS) is 1. The summed E-state index contributed by atoms with van der Waals surface area (Å²) in [7, 11) is 0. The van der Waals surface area contributed by atoms with Gasteiger partial charge in [0, 0.05) is 48.4 Å². The van der Waals surface area contributed by atoms with Crippen molar-refractivity contribution >= 4 is 46.5 Å². The van der Waals surface area contributed by atoms with Crippen LogP contribution in [0.4, 0.5) is 0 Å². The number of carboxylic acids is 1. The Hall–Kier alpha value is -5.45. The number of aliphatic imine (C=N–C) groups is 1. The maximum atomic E-state index is 13.4. The minimum absolute atomic E-state index is 0.0679. The third-order valence-electron chi connectivity index (χ3n) is 6.67. The first-order chi connectivity index (χ1) is 20.9. The van der Waals surface area contributed by atoms with Gasteiger partial charge in [0.25, 0.3) is 0 Å². The molecule has 1 aromatic carbocycles. The molecule has 3 rings (SSSR count). The molecule has 2 aromatic heterocycles. The Balaban J connectivity index is 1.72. The molecule has 0 aliphatic carbocycles. The molecule has 4 atom stereocenters. The van der Waals surface area contributed by atoms with Gasteiger partial charge in [-0.25, -0.2) is 9.78 Å². The Bertz CT molecular complexity index is 1480. The van der Waals surface area contributed by atoms with E-state index in [1.165, 1.54) is 12.5 Å². The van der Waals surface area contributed by atoms with Crippen molar-refractivity contribution in [1.29, 1.82) is 0 Å². The summed E-state index contributed by atoms with van der Waals surface area (Å²) in [5, 5.41) is 18.0. The standard InChI is InChI=1S/C27H37N11O6/c28-17(5-3-7-33-27(30)31)23(40)36-19(9-15-12-32-13-35-15)24(41)37-20(10-22(29)39)25(42)38-21(26(43)44)8-14-11-34-18-6-2-1-4-16(14)18/h1-2,4,6,11-13,17,19-21,34H,3,5,7-10,28H2,(H2,29,39)(H,32,35)(H,36,40)(H,37,41)(H,38,42)(H,43,44)(H4,30,31,33). The van der Waals surface area contributed by atoms with E-state index in [4.69, 9.17) is 22.9 Å². The molecule has 0 aliphatic rings. The van der Waals surface area contributed by atoms with Crippen LogP contribution in [0.1, 0.15) is 30.5 Å². The lowest BCUT2D eigenvalue weighted by molar-refractivity contribution is -0.142. The van der Waals surface area contributed by atoms with Gasteiger partial charge >= 0.3 is 5.97 Å². The van der Waals surface area contributed by atoms with Gasteiger partial charge in [0.2, 0.25) is 23.6 Å². The second kappa shape index (κ2) is 15.7. The second-order valence-electron chi connectivity index (χ2n) is 10.1. The number of amides is 4. The number of primary amides is 1. The number of carbonyl (C=O) groups excluding carboxylic acids is 4. The van der Waals surface area contributed by atoms with Crippen LogP contribution in [0.25, 0.3) is 10.9 Å². The summed E-state index contributed by atoms with van der Waals surface area (Å²) in [6, 6.07) is 2.05. The molecule has 2 heterocycles. The Morgan fingerprint density at radius 2 is 1.59 bits per heavy atom. The average molecular weight is 612 g/mol. The molecule has 236 valence electrons. The van der Waals surface area contributed by atoms with Gasteiger partial charge in [-0.05, 0) is 24.5 Å². The van der Waals surface area contributed by atoms with Gasteiger partial charge in [0.15, 0.2) is 5.96 Å². The number of imidazole rings is 1. The van der Waals surface area contributed by atoms with E-state index in [1.807, 2.05) is 18.2 Å². The predicted octanol–water partition coefficient (Wildman–Crippen LogP) is -2.53. The lowest BCUT2D eigenvalue weighted by atomic mass is 10.0. The first kappa shape index (κ1) is 33.1. The number of benzene rings is 1. The lowest BCUT2D eigenvalue weighted by Gasteiger charge is -2.24. The van der Waals surface area contributed by atoms with Crippen molar-refractivity contribution in [3.63, 3.8) is 0 Å². The molecule has 3 aromatic rings. The SMILES string of the molecule is NC(=O)CC(NC(=O)C(Cc1cnc[nH]1)NC(=O)C(N)CCCN=C(N)N)C(=O)NC(Cc1c[nH]c2ccccc12)C(=O)O. The first-order valence-corrected chi connectivity index (χ1v) is 13.7. The van der Waals surface area contributed by atoms with Gasteiger partial charge in [-0.2, -0.15) is 0 Å². The summed E-state index contributed by atoms with van der Waals surface area (Å²) in [5.74, 6) is -4.80. The van der Waals surface area contributed by atoms with E-state index in [0.29, 0.717) is 17.7 Å². The zero-order valence-electron chi connectivity index (χ0n) is 23.8. The van der Waals surface area contributed by atoms with Crippen molar-refractivity contribution in [3.8, 4) is 0 Å². The van der Waals surface area contributed by atoms with Crippen LogP contribution in [0.5, 0.6) is 0 Å². The number of aliphatic carboxylic acids is 1. The Labute approximate surface area is 251 Å². The second-order valence-corrected chi connectivity index (χ2v) is 10.1. The molecule has 4 amide bonds. The van der Waals surface area contributed by atoms with Crippen LogP contribution >= 0.6 is 0 Å². The number of aromatic amines is 2. The number of aromatic nitrogens is 3. The van der Waals surface area contributed by atoms with Crippen LogP contribution in [-0.2, 0) is 36.8 Å². The van der Waals surface area contributed by atoms with E-state index in [9.17, 15) is 29.1 Å². The highest BCUT2D eigenvalue weighted by Crippen LogP contribution is 2.19. The van der Waals surface area contributed by atoms with Crippen molar-refractivity contribution in [2.45, 2.75) is 56.3 Å². The van der Waals surface area contributed by atoms with Crippen LogP contribution in [0.15, 0.2) is 48.0 Å². The van der Waals surface area contributed by atoms with E-state index < -0.39 is 60.2 Å². The number of para-hydroxylation sites is 1. The quantitative estimate of drug-likeness (QED) is 0.0433. The number of guanidine groups is 1. The van der Waals surface area contributed by atoms with Gasteiger partial charge in [-0.15, -0.1) is 0 Å². The highest BCUT2D eigenvalue weighted by molar-refractivity contribution is 5.96. The van der Waals surface area contributed by atoms with Crippen LogP contribution in [0, 0.1) is 0 Å². The highest BCUT2D eigenvalue weighted by atomic mass is 16.4. The topological polar surface area (TPSA) is 303 Å². The number of hydrogen-bond donors (Lipinski definition) is 10. The fourth-order valence-corrected chi connectivity index (χ4v) is 4.43. The maximum absolute atomic E-state index is 13.4. The normalized spacial score (nSPS) is 13.7. The number of nitrogens with zero attached hydrogens (tertiary/aromatic N) is 2. The molecule has 0 radical (unpaired) electrons. The molecular formula is C27H37N11O6. The molecular weight excluding hydrogens is 574 g/mol. The van der Waals surface area contributed by atoms with Crippen molar-refractivity contribution in [1.82, 2.24) is 30.9 Å². The van der Waals surface area contributed by atoms with E-state index in [1.54, 1.807) is 12.3 Å². The Kier molecular flexibility index (Phi) is 11.8. The lowest BCUT2D eigenvalue weighted by Crippen LogP contribution is -2.58. The van der Waals surface area contributed by atoms with Crippen LogP contribution in [0.2, 0.25) is 0 Å². The van der Waals surface area contributed by atoms with E-state index in [0.717, 1.165) is 10.9 Å². The molecule has 0 fully saturated rings. The number of carbonyl (C=O) groups is 5. The summed E-state index contributed by atoms with van der Waals surface area (Å²) in [6.07, 6.45) is 4.29. The molecule has 0 aliphatic heterocycles. The van der Waals surface area contributed by atoms with Gasteiger partial charge in [-0.3, -0.25) is 24.2 Å². The summed E-state index contributed by atoms with van der Waals surface area (Å²) >= 11 is 0. The van der Waals surface area contributed by atoms with Crippen LogP contribution in [-0.4, -0.2) is 86.3 Å². The molecule has 0 spiro atoms. The zero-order chi connectivity index (χ0) is 32.2. The maximum Gasteiger partial charge on any atom is 0.326 e. The molecule has 4 unspecified atom stereocenters. The Morgan fingerprint density at radius 3 is 2.25 bits per heavy atom. The minimum Gasteiger partial charge on any atom is -0.480 e. The monoisotopic (exact) mass is 611 g/mol. The average Bonchev–Trinajstić information content (AvgIpc) is 3.63. The first-order valence-electron chi connectivity index (χ1n) is 13.7.